The van der Waals surface area contributed by atoms with E-state index in [1.807, 2.05) is 6.08 Å². The summed E-state index contributed by atoms with van der Waals surface area (Å²) in [5.74, 6) is -0.488. The number of hydrogen-bond donors (Lipinski definition) is 0. The van der Waals surface area contributed by atoms with Crippen molar-refractivity contribution in [1.82, 2.24) is 9.80 Å². The molecule has 0 saturated carbocycles. The summed E-state index contributed by atoms with van der Waals surface area (Å²) in [6.45, 7) is 7.49. The van der Waals surface area contributed by atoms with Crippen molar-refractivity contribution in [2.45, 2.75) is 0 Å². The highest BCUT2D eigenvalue weighted by Gasteiger charge is 2.26. The van der Waals surface area contributed by atoms with Crippen LogP contribution in [-0.4, -0.2) is 48.4 Å². The quantitative estimate of drug-likeness (QED) is 0.798. The number of fused-ring (bicyclic) bond motifs is 1. The number of thiophene rings is 1. The van der Waals surface area contributed by atoms with Gasteiger partial charge in [-0.05, 0) is 12.1 Å². The maximum atomic E-state index is 13.9. The van der Waals surface area contributed by atoms with E-state index in [0.29, 0.717) is 28.1 Å². The largest absolute Gasteiger partial charge is 0.335 e. The van der Waals surface area contributed by atoms with E-state index in [0.717, 1.165) is 19.6 Å². The summed E-state index contributed by atoms with van der Waals surface area (Å²) in [5.41, 5.74) is 0. The average molecular weight is 339 g/mol. The second-order valence-corrected chi connectivity index (χ2v) is 6.67. The predicted octanol–water partition coefficient (Wildman–Crippen LogP) is 3.64. The van der Waals surface area contributed by atoms with Gasteiger partial charge < -0.3 is 4.90 Å². The molecule has 1 aromatic heterocycles. The average Bonchev–Trinajstić information content (AvgIpc) is 2.86. The highest BCUT2D eigenvalue weighted by Crippen LogP contribution is 2.37. The van der Waals surface area contributed by atoms with Crippen molar-refractivity contribution in [3.63, 3.8) is 0 Å². The van der Waals surface area contributed by atoms with Gasteiger partial charge in [-0.25, -0.2) is 4.39 Å². The summed E-state index contributed by atoms with van der Waals surface area (Å²) in [6.07, 6.45) is 1.86. The third-order valence-electron chi connectivity index (χ3n) is 3.85. The van der Waals surface area contributed by atoms with Crippen LogP contribution in [0, 0.1) is 5.82 Å². The van der Waals surface area contributed by atoms with E-state index in [1.165, 1.54) is 17.4 Å². The van der Waals surface area contributed by atoms with Crippen LogP contribution in [0.15, 0.2) is 30.9 Å². The van der Waals surface area contributed by atoms with Gasteiger partial charge in [-0.2, -0.15) is 0 Å². The van der Waals surface area contributed by atoms with Crippen molar-refractivity contribution in [3.8, 4) is 0 Å². The van der Waals surface area contributed by atoms with Gasteiger partial charge in [-0.1, -0.05) is 23.7 Å². The van der Waals surface area contributed by atoms with Gasteiger partial charge in [0.15, 0.2) is 0 Å². The molecule has 0 N–H and O–H groups in total. The van der Waals surface area contributed by atoms with Gasteiger partial charge in [0.25, 0.3) is 5.91 Å². The standard InChI is InChI=1S/C16H16ClFN2OS/c1-2-6-19-7-9-20(10-8-19)16(21)15-14(17)13-11(18)4-3-5-12(13)22-15/h2-5H,1,6-10H2. The van der Waals surface area contributed by atoms with E-state index in [-0.39, 0.29) is 16.7 Å². The summed E-state index contributed by atoms with van der Waals surface area (Å²) in [6, 6.07) is 4.78. The Hall–Kier alpha value is -1.43. The van der Waals surface area contributed by atoms with Crippen molar-refractivity contribution in [3.05, 3.63) is 46.6 Å². The van der Waals surface area contributed by atoms with Gasteiger partial charge in [0, 0.05) is 42.8 Å². The number of amides is 1. The summed E-state index contributed by atoms with van der Waals surface area (Å²) in [4.78, 5) is 17.1. The van der Waals surface area contributed by atoms with Gasteiger partial charge >= 0.3 is 0 Å². The van der Waals surface area contributed by atoms with Crippen molar-refractivity contribution in [2.75, 3.05) is 32.7 Å². The molecule has 0 unspecified atom stereocenters. The molecule has 6 heteroatoms. The zero-order valence-corrected chi connectivity index (χ0v) is 13.6. The number of nitrogens with zero attached hydrogens (tertiary/aromatic N) is 2. The van der Waals surface area contributed by atoms with Crippen LogP contribution >= 0.6 is 22.9 Å². The molecule has 0 aliphatic carbocycles. The number of carbonyl (C=O) groups excluding carboxylic acids is 1. The molecule has 1 aromatic carbocycles. The summed E-state index contributed by atoms with van der Waals surface area (Å²) in [7, 11) is 0. The minimum atomic E-state index is -0.381. The Morgan fingerprint density at radius 3 is 2.73 bits per heavy atom. The van der Waals surface area contributed by atoms with Gasteiger partial charge in [-0.15, -0.1) is 17.9 Å². The van der Waals surface area contributed by atoms with E-state index in [2.05, 4.69) is 11.5 Å². The monoisotopic (exact) mass is 338 g/mol. The Balaban J connectivity index is 1.83. The number of carbonyl (C=O) groups is 1. The third kappa shape index (κ3) is 2.76. The normalized spacial score (nSPS) is 16.2. The Kier molecular flexibility index (Phi) is 4.47. The van der Waals surface area contributed by atoms with Crippen molar-refractivity contribution in [1.29, 1.82) is 0 Å². The van der Waals surface area contributed by atoms with E-state index >= 15 is 0 Å². The van der Waals surface area contributed by atoms with E-state index < -0.39 is 0 Å². The van der Waals surface area contributed by atoms with Gasteiger partial charge in [0.05, 0.1) is 5.02 Å². The van der Waals surface area contributed by atoms with E-state index in [9.17, 15) is 9.18 Å². The maximum absolute atomic E-state index is 13.9. The second-order valence-electron chi connectivity index (χ2n) is 5.24. The Morgan fingerprint density at radius 1 is 1.36 bits per heavy atom. The van der Waals surface area contributed by atoms with Crippen molar-refractivity contribution in [2.24, 2.45) is 0 Å². The summed E-state index contributed by atoms with van der Waals surface area (Å²) >= 11 is 7.51. The van der Waals surface area contributed by atoms with Gasteiger partial charge in [-0.3, -0.25) is 9.69 Å². The fourth-order valence-corrected chi connectivity index (χ4v) is 4.19. The number of rotatable bonds is 3. The Morgan fingerprint density at radius 2 is 2.09 bits per heavy atom. The first-order valence-electron chi connectivity index (χ1n) is 7.11. The molecule has 0 spiro atoms. The molecular formula is C16H16ClFN2OS. The molecule has 1 aliphatic heterocycles. The predicted molar refractivity (Wildman–Crippen MR) is 89.3 cm³/mol. The first-order chi connectivity index (χ1) is 10.6. The lowest BCUT2D eigenvalue weighted by molar-refractivity contribution is 0.0655. The van der Waals surface area contributed by atoms with Crippen LogP contribution in [-0.2, 0) is 0 Å². The van der Waals surface area contributed by atoms with Crippen LogP contribution in [0.3, 0.4) is 0 Å². The molecule has 0 atom stereocenters. The number of piperazine rings is 1. The molecule has 2 heterocycles. The summed E-state index contributed by atoms with van der Waals surface area (Å²) in [5, 5.41) is 0.583. The van der Waals surface area contributed by atoms with Crippen LogP contribution in [0.1, 0.15) is 9.67 Å². The zero-order chi connectivity index (χ0) is 15.7. The molecule has 3 nitrogen and oxygen atoms in total. The Bertz CT molecular complexity index is 722. The number of benzene rings is 1. The first-order valence-corrected chi connectivity index (χ1v) is 8.30. The van der Waals surface area contributed by atoms with Crippen LogP contribution in [0.2, 0.25) is 5.02 Å². The minimum Gasteiger partial charge on any atom is -0.335 e. The SMILES string of the molecule is C=CCN1CCN(C(=O)c2sc3cccc(F)c3c2Cl)CC1. The second kappa shape index (κ2) is 6.36. The minimum absolute atomic E-state index is 0.108. The van der Waals surface area contributed by atoms with Crippen LogP contribution in [0.5, 0.6) is 0 Å². The lowest BCUT2D eigenvalue weighted by Crippen LogP contribution is -2.48. The fourth-order valence-electron chi connectivity index (χ4n) is 2.67. The first kappa shape index (κ1) is 15.5. The molecule has 0 radical (unpaired) electrons. The molecule has 1 fully saturated rings. The highest BCUT2D eigenvalue weighted by atomic mass is 35.5. The molecule has 116 valence electrons. The maximum Gasteiger partial charge on any atom is 0.265 e. The smallest absolute Gasteiger partial charge is 0.265 e. The van der Waals surface area contributed by atoms with Gasteiger partial charge in [0.2, 0.25) is 0 Å². The van der Waals surface area contributed by atoms with Crippen molar-refractivity contribution >= 4 is 38.9 Å². The molecule has 22 heavy (non-hydrogen) atoms. The number of halogens is 2. The molecule has 1 saturated heterocycles. The fraction of sp³-hybridized carbons (Fsp3) is 0.312. The lowest BCUT2D eigenvalue weighted by Gasteiger charge is -2.33. The van der Waals surface area contributed by atoms with Crippen LogP contribution in [0.25, 0.3) is 10.1 Å². The molecule has 1 amide bonds. The lowest BCUT2D eigenvalue weighted by atomic mass is 10.2. The summed E-state index contributed by atoms with van der Waals surface area (Å²) < 4.78 is 14.6. The number of hydrogen-bond acceptors (Lipinski definition) is 3. The Labute approximate surface area is 137 Å². The van der Waals surface area contributed by atoms with E-state index in [4.69, 9.17) is 11.6 Å². The van der Waals surface area contributed by atoms with Gasteiger partial charge in [0.1, 0.15) is 10.7 Å². The molecular weight excluding hydrogens is 323 g/mol. The molecule has 0 bridgehead atoms. The molecule has 1 aliphatic rings. The zero-order valence-electron chi connectivity index (χ0n) is 12.0. The topological polar surface area (TPSA) is 23.6 Å². The van der Waals surface area contributed by atoms with Crippen LogP contribution in [0.4, 0.5) is 4.39 Å². The molecule has 3 rings (SSSR count). The molecule has 2 aromatic rings. The van der Waals surface area contributed by atoms with Crippen LogP contribution < -0.4 is 0 Å². The third-order valence-corrected chi connectivity index (χ3v) is 5.48. The highest BCUT2D eigenvalue weighted by molar-refractivity contribution is 7.21. The van der Waals surface area contributed by atoms with E-state index in [1.54, 1.807) is 17.0 Å². The van der Waals surface area contributed by atoms with Crippen molar-refractivity contribution < 1.29 is 9.18 Å².